The van der Waals surface area contributed by atoms with Crippen LogP contribution < -0.4 is 10.6 Å². The molecule has 112 valence electrons. The molecule has 2 rings (SSSR count). The molecule has 0 spiro atoms. The minimum absolute atomic E-state index is 0.175. The van der Waals surface area contributed by atoms with E-state index in [-0.39, 0.29) is 5.91 Å². The van der Waals surface area contributed by atoms with Gasteiger partial charge in [-0.25, -0.2) is 4.98 Å². The van der Waals surface area contributed by atoms with Crippen molar-refractivity contribution < 1.29 is 9.21 Å². The van der Waals surface area contributed by atoms with E-state index in [0.29, 0.717) is 29.9 Å². The lowest BCUT2D eigenvalue weighted by molar-refractivity contribution is 0.0923. The standard InChI is InChI=1S/C15H25N3O2/c1-11-14(20-12(2)18-11)15(19)17-10-9-16-13-7-5-3-4-6-8-13/h13,16H,3-10H2,1-2H3,(H,17,19). The van der Waals surface area contributed by atoms with Crippen molar-refractivity contribution in [1.29, 1.82) is 0 Å². The Bertz CT molecular complexity index is 434. The fourth-order valence-corrected chi connectivity index (χ4v) is 2.76. The van der Waals surface area contributed by atoms with Gasteiger partial charge in [-0.3, -0.25) is 4.79 Å². The van der Waals surface area contributed by atoms with Crippen LogP contribution in [-0.2, 0) is 0 Å². The summed E-state index contributed by atoms with van der Waals surface area (Å²) in [6, 6.07) is 0.615. The molecule has 0 saturated heterocycles. The molecule has 20 heavy (non-hydrogen) atoms. The third kappa shape index (κ3) is 4.34. The molecule has 1 heterocycles. The van der Waals surface area contributed by atoms with E-state index in [2.05, 4.69) is 15.6 Å². The maximum Gasteiger partial charge on any atom is 0.289 e. The number of amides is 1. The molecule has 0 aromatic carbocycles. The summed E-state index contributed by atoms with van der Waals surface area (Å²) in [5, 5.41) is 6.40. The first-order valence-electron chi connectivity index (χ1n) is 7.62. The monoisotopic (exact) mass is 279 g/mol. The van der Waals surface area contributed by atoms with E-state index in [9.17, 15) is 4.79 Å². The van der Waals surface area contributed by atoms with Crippen LogP contribution in [0.3, 0.4) is 0 Å². The molecule has 1 aromatic rings. The lowest BCUT2D eigenvalue weighted by Crippen LogP contribution is -2.36. The van der Waals surface area contributed by atoms with Gasteiger partial charge >= 0.3 is 0 Å². The Morgan fingerprint density at radius 3 is 2.50 bits per heavy atom. The summed E-state index contributed by atoms with van der Waals surface area (Å²) in [5.41, 5.74) is 0.650. The summed E-state index contributed by atoms with van der Waals surface area (Å²) < 4.78 is 5.30. The maximum atomic E-state index is 11.9. The Hall–Kier alpha value is -1.36. The largest absolute Gasteiger partial charge is 0.436 e. The number of rotatable bonds is 5. The molecule has 0 unspecified atom stereocenters. The second-order valence-corrected chi connectivity index (χ2v) is 5.55. The van der Waals surface area contributed by atoms with E-state index in [4.69, 9.17) is 4.42 Å². The van der Waals surface area contributed by atoms with Gasteiger partial charge < -0.3 is 15.1 Å². The minimum atomic E-state index is -0.175. The fourth-order valence-electron chi connectivity index (χ4n) is 2.76. The molecule has 0 radical (unpaired) electrons. The maximum absolute atomic E-state index is 11.9. The predicted molar refractivity (Wildman–Crippen MR) is 77.8 cm³/mol. The number of aromatic nitrogens is 1. The SMILES string of the molecule is Cc1nc(C)c(C(=O)NCCNC2CCCCCC2)o1. The number of nitrogens with zero attached hydrogens (tertiary/aromatic N) is 1. The zero-order valence-electron chi connectivity index (χ0n) is 12.5. The Morgan fingerprint density at radius 2 is 1.90 bits per heavy atom. The summed E-state index contributed by atoms with van der Waals surface area (Å²) in [6.07, 6.45) is 7.88. The number of nitrogens with one attached hydrogen (secondary N) is 2. The van der Waals surface area contributed by atoms with Crippen molar-refractivity contribution in [3.8, 4) is 0 Å². The zero-order valence-corrected chi connectivity index (χ0v) is 12.5. The van der Waals surface area contributed by atoms with Crippen LogP contribution in [0.5, 0.6) is 0 Å². The molecule has 1 saturated carbocycles. The average molecular weight is 279 g/mol. The first kappa shape index (κ1) is 15.0. The van der Waals surface area contributed by atoms with Gasteiger partial charge in [-0.05, 0) is 19.8 Å². The van der Waals surface area contributed by atoms with Gasteiger partial charge in [0.05, 0.1) is 5.69 Å². The molecule has 5 heteroatoms. The van der Waals surface area contributed by atoms with Gasteiger partial charge in [0.25, 0.3) is 5.91 Å². The van der Waals surface area contributed by atoms with E-state index >= 15 is 0 Å². The van der Waals surface area contributed by atoms with Crippen LogP contribution in [0.25, 0.3) is 0 Å². The third-order valence-electron chi connectivity index (χ3n) is 3.81. The van der Waals surface area contributed by atoms with Crippen LogP contribution in [0.2, 0.25) is 0 Å². The summed E-state index contributed by atoms with van der Waals surface area (Å²) in [6.45, 7) is 4.96. The molecule has 5 nitrogen and oxygen atoms in total. The average Bonchev–Trinajstić information content (AvgIpc) is 2.64. The number of oxazole rings is 1. The van der Waals surface area contributed by atoms with Crippen LogP contribution in [0, 0.1) is 13.8 Å². The molecule has 1 aliphatic rings. The first-order chi connectivity index (χ1) is 9.66. The van der Waals surface area contributed by atoms with Crippen molar-refractivity contribution >= 4 is 5.91 Å². The molecule has 0 atom stereocenters. The molecule has 0 aliphatic heterocycles. The highest BCUT2D eigenvalue weighted by Crippen LogP contribution is 2.16. The quantitative estimate of drug-likeness (QED) is 0.641. The molecule has 1 amide bonds. The van der Waals surface area contributed by atoms with E-state index in [1.807, 2.05) is 0 Å². The first-order valence-corrected chi connectivity index (χ1v) is 7.62. The van der Waals surface area contributed by atoms with Gasteiger partial charge in [0.1, 0.15) is 0 Å². The smallest absolute Gasteiger partial charge is 0.289 e. The third-order valence-corrected chi connectivity index (χ3v) is 3.81. The highest BCUT2D eigenvalue weighted by Gasteiger charge is 2.15. The van der Waals surface area contributed by atoms with Crippen LogP contribution in [0.1, 0.15) is 60.7 Å². The number of carbonyl (C=O) groups is 1. The predicted octanol–water partition coefficient (Wildman–Crippen LogP) is 2.33. The van der Waals surface area contributed by atoms with Crippen molar-refractivity contribution in [1.82, 2.24) is 15.6 Å². The van der Waals surface area contributed by atoms with Gasteiger partial charge in [-0.1, -0.05) is 25.7 Å². The molecule has 0 bridgehead atoms. The number of hydrogen-bond donors (Lipinski definition) is 2. The highest BCUT2D eigenvalue weighted by atomic mass is 16.4. The van der Waals surface area contributed by atoms with Gasteiger partial charge in [-0.2, -0.15) is 0 Å². The zero-order chi connectivity index (χ0) is 14.4. The van der Waals surface area contributed by atoms with Crippen LogP contribution in [0.4, 0.5) is 0 Å². The second-order valence-electron chi connectivity index (χ2n) is 5.55. The van der Waals surface area contributed by atoms with Crippen molar-refractivity contribution in [3.63, 3.8) is 0 Å². The van der Waals surface area contributed by atoms with Gasteiger partial charge in [0.15, 0.2) is 5.89 Å². The van der Waals surface area contributed by atoms with Crippen molar-refractivity contribution in [2.24, 2.45) is 0 Å². The number of aryl methyl sites for hydroxylation is 2. The fraction of sp³-hybridized carbons (Fsp3) is 0.733. The summed E-state index contributed by atoms with van der Waals surface area (Å²) >= 11 is 0. The topological polar surface area (TPSA) is 67.2 Å². The number of carbonyl (C=O) groups excluding carboxylic acids is 1. The van der Waals surface area contributed by atoms with Crippen molar-refractivity contribution in [2.75, 3.05) is 13.1 Å². The molecule has 2 N–H and O–H groups in total. The van der Waals surface area contributed by atoms with Gasteiger partial charge in [0.2, 0.25) is 5.76 Å². The van der Waals surface area contributed by atoms with E-state index in [0.717, 1.165) is 6.54 Å². The molecule has 1 fully saturated rings. The summed E-state index contributed by atoms with van der Waals surface area (Å²) in [5.74, 6) is 0.687. The Labute approximate surface area is 120 Å². The molecular formula is C15H25N3O2. The molecule has 1 aromatic heterocycles. The van der Waals surface area contributed by atoms with E-state index in [1.54, 1.807) is 13.8 Å². The Kier molecular flexibility index (Phi) is 5.59. The number of hydrogen-bond acceptors (Lipinski definition) is 4. The van der Waals surface area contributed by atoms with Crippen LogP contribution in [0.15, 0.2) is 4.42 Å². The van der Waals surface area contributed by atoms with Crippen molar-refractivity contribution in [3.05, 3.63) is 17.3 Å². The van der Waals surface area contributed by atoms with Crippen molar-refractivity contribution in [2.45, 2.75) is 58.4 Å². The Morgan fingerprint density at radius 1 is 1.20 bits per heavy atom. The van der Waals surface area contributed by atoms with Gasteiger partial charge in [-0.15, -0.1) is 0 Å². The van der Waals surface area contributed by atoms with Crippen LogP contribution in [-0.4, -0.2) is 30.0 Å². The van der Waals surface area contributed by atoms with Gasteiger partial charge in [0, 0.05) is 26.1 Å². The summed E-state index contributed by atoms with van der Waals surface area (Å²) in [4.78, 5) is 16.0. The highest BCUT2D eigenvalue weighted by molar-refractivity contribution is 5.92. The minimum Gasteiger partial charge on any atom is -0.436 e. The lowest BCUT2D eigenvalue weighted by Gasteiger charge is -2.16. The Balaban J connectivity index is 1.67. The molecule has 1 aliphatic carbocycles. The lowest BCUT2D eigenvalue weighted by atomic mass is 10.1. The van der Waals surface area contributed by atoms with E-state index in [1.165, 1.54) is 38.5 Å². The van der Waals surface area contributed by atoms with E-state index < -0.39 is 0 Å². The second kappa shape index (κ2) is 7.43. The van der Waals surface area contributed by atoms with Crippen LogP contribution >= 0.6 is 0 Å². The normalized spacial score (nSPS) is 16.9. The molecular weight excluding hydrogens is 254 g/mol. The summed E-state index contributed by atoms with van der Waals surface area (Å²) in [7, 11) is 0.